The lowest BCUT2D eigenvalue weighted by Gasteiger charge is -2.47. The van der Waals surface area contributed by atoms with E-state index in [9.17, 15) is 9.90 Å². The number of aromatic nitrogens is 1. The number of oxazole rings is 1. The van der Waals surface area contributed by atoms with Crippen LogP contribution in [0, 0.1) is 5.41 Å². The number of methoxy groups -OCH3 is 2. The molecule has 0 bridgehead atoms. The van der Waals surface area contributed by atoms with Crippen LogP contribution in [-0.2, 0) is 38.4 Å². The quantitative estimate of drug-likeness (QED) is 0.0643. The van der Waals surface area contributed by atoms with Crippen LogP contribution < -0.4 is 0 Å². The molecule has 0 aliphatic carbocycles. The smallest absolute Gasteiger partial charge is 0.305 e. The minimum absolute atomic E-state index is 0.0300. The van der Waals surface area contributed by atoms with E-state index in [1.54, 1.807) is 20.5 Å². The molecule has 0 radical (unpaired) electrons. The number of carbonyl (C=O) groups is 1. The van der Waals surface area contributed by atoms with E-state index in [1.807, 2.05) is 24.3 Å². The highest BCUT2D eigenvalue weighted by molar-refractivity contribution is 6.74. The Hall–Kier alpha value is -1.21. The Balaban J connectivity index is 3.31. The summed E-state index contributed by atoms with van der Waals surface area (Å²) >= 11 is 0. The van der Waals surface area contributed by atoms with Gasteiger partial charge in [-0.05, 0) is 86.9 Å². The first kappa shape index (κ1) is 55.8. The molecule has 1 aromatic heterocycles. The number of nitrogens with zero attached hydrogens (tertiary/aromatic N) is 1. The van der Waals surface area contributed by atoms with Gasteiger partial charge in [0.05, 0.1) is 30.8 Å². The fraction of sp³-hybridized carbons (Fsp3) is 0.822. The Morgan fingerprint density at radius 1 is 0.814 bits per heavy atom. The van der Waals surface area contributed by atoms with Crippen molar-refractivity contribution in [2.75, 3.05) is 20.8 Å². The molecule has 0 amide bonds. The Kier molecular flexibility index (Phi) is 22.2. The molecule has 0 aliphatic heterocycles. The largest absolute Gasteiger partial charge is 0.481 e. The van der Waals surface area contributed by atoms with Crippen LogP contribution in [0.1, 0.15) is 120 Å². The topological polar surface area (TPSA) is 119 Å². The summed E-state index contributed by atoms with van der Waals surface area (Å²) in [5.74, 6) is -0.236. The fourth-order valence-corrected chi connectivity index (χ4v) is 13.3. The van der Waals surface area contributed by atoms with Crippen molar-refractivity contribution in [1.82, 2.24) is 4.98 Å². The number of hydrogen-bond acceptors (Lipinski definition) is 9. The van der Waals surface area contributed by atoms with Crippen molar-refractivity contribution >= 4 is 39.2 Å². The Morgan fingerprint density at radius 3 is 1.86 bits per heavy atom. The van der Waals surface area contributed by atoms with Gasteiger partial charge in [0, 0.05) is 39.1 Å². The average molecular weight is 901 g/mol. The van der Waals surface area contributed by atoms with E-state index in [0.717, 1.165) is 30.2 Å². The highest BCUT2D eigenvalue weighted by Crippen LogP contribution is 2.41. The van der Waals surface area contributed by atoms with Gasteiger partial charge in [-0.2, -0.15) is 0 Å². The molecule has 0 saturated carbocycles. The van der Waals surface area contributed by atoms with Crippen LogP contribution in [0.5, 0.6) is 0 Å². The van der Waals surface area contributed by atoms with E-state index in [0.29, 0.717) is 31.8 Å². The molecule has 14 heteroatoms. The van der Waals surface area contributed by atoms with E-state index in [1.165, 1.54) is 0 Å². The molecule has 0 spiro atoms. The number of hydrogen-bond donors (Lipinski definition) is 1. The van der Waals surface area contributed by atoms with Crippen molar-refractivity contribution in [2.24, 2.45) is 5.41 Å². The van der Waals surface area contributed by atoms with Crippen molar-refractivity contribution in [3.8, 4) is 0 Å². The van der Waals surface area contributed by atoms with E-state index in [-0.39, 0.29) is 46.3 Å². The monoisotopic (exact) mass is 900 g/mol. The van der Waals surface area contributed by atoms with Gasteiger partial charge in [-0.1, -0.05) is 100 Å². The molecular formula is C45H89NO9Si4. The van der Waals surface area contributed by atoms with Crippen LogP contribution in [0.3, 0.4) is 0 Å². The molecule has 10 nitrogen and oxygen atoms in total. The second-order valence-electron chi connectivity index (χ2n) is 21.0. The molecular weight excluding hydrogens is 811 g/mol. The molecule has 0 aliphatic rings. The molecule has 59 heavy (non-hydrogen) atoms. The fourth-order valence-electron chi connectivity index (χ4n) is 6.62. The second kappa shape index (κ2) is 23.5. The van der Waals surface area contributed by atoms with E-state index < -0.39 is 45.3 Å². The van der Waals surface area contributed by atoms with Gasteiger partial charge >= 0.3 is 5.97 Å². The number of carboxylic acids is 1. The molecule has 1 N–H and O–H groups in total. The van der Waals surface area contributed by atoms with Crippen molar-refractivity contribution in [3.05, 3.63) is 42.2 Å². The molecule has 0 saturated heterocycles. The normalized spacial score (nSPS) is 16.8. The lowest BCUT2D eigenvalue weighted by molar-refractivity contribution is -0.139. The number of allylic oxidation sites excluding steroid dienone is 2. The maximum absolute atomic E-state index is 11.7. The molecule has 1 rings (SSSR count). The summed E-state index contributed by atoms with van der Waals surface area (Å²) in [5, 5.41) is 9.70. The lowest BCUT2D eigenvalue weighted by atomic mass is 9.78. The van der Waals surface area contributed by atoms with Gasteiger partial charge in [0.25, 0.3) is 0 Å². The van der Waals surface area contributed by atoms with Gasteiger partial charge in [0.15, 0.2) is 39.2 Å². The van der Waals surface area contributed by atoms with Gasteiger partial charge in [0.1, 0.15) is 18.1 Å². The molecule has 1 aromatic rings. The number of aliphatic carboxylic acids is 1. The van der Waals surface area contributed by atoms with Gasteiger partial charge in [-0.3, -0.25) is 4.79 Å². The van der Waals surface area contributed by atoms with Crippen LogP contribution in [-0.4, -0.2) is 94.6 Å². The first-order valence-electron chi connectivity index (χ1n) is 22.1. The third-order valence-electron chi connectivity index (χ3n) is 13.1. The third kappa shape index (κ3) is 18.2. The second-order valence-corrected chi connectivity index (χ2v) is 39.8. The van der Waals surface area contributed by atoms with Crippen LogP contribution in [0.15, 0.2) is 35.0 Å². The van der Waals surface area contributed by atoms with E-state index in [2.05, 4.69) is 122 Å². The number of carboxylic acid groups (broad SMARTS) is 1. The van der Waals surface area contributed by atoms with E-state index in [4.69, 9.17) is 36.6 Å². The number of rotatable bonds is 28. The zero-order valence-electron chi connectivity index (χ0n) is 41.3. The lowest BCUT2D eigenvalue weighted by Crippen LogP contribution is -2.53. The van der Waals surface area contributed by atoms with Crippen molar-refractivity contribution in [2.45, 2.75) is 213 Å². The average Bonchev–Trinajstić information content (AvgIpc) is 3.56. The number of ether oxygens (including phenoxy) is 2. The Morgan fingerprint density at radius 2 is 1.39 bits per heavy atom. The van der Waals surface area contributed by atoms with Gasteiger partial charge in [-0.25, -0.2) is 4.98 Å². The minimum atomic E-state index is -2.17. The zero-order chi connectivity index (χ0) is 45.7. The van der Waals surface area contributed by atoms with Crippen LogP contribution >= 0.6 is 0 Å². The SMILES string of the molecule is CC[Si](CC)(CC)O[C@@H](Cc1nc([C@H](C/C=C/C=C/[C@@H](C[C@@H](CC(=O)O)O[Si](C)(C)C(C)(C)C)OC)OC)co1)C(C)(C)[C@H](CCO[Si](C)(C)C(C)(C)C)O[Si](C)(C)C. The molecule has 1 heterocycles. The molecule has 5 atom stereocenters. The summed E-state index contributed by atoms with van der Waals surface area (Å²) in [5.41, 5.74) is 0.383. The first-order chi connectivity index (χ1) is 26.9. The standard InChI is InChI=1S/C45H89NO9Si4/c1-21-59(22-2,23-3)55-40(45(10,11)39(54-56(14,15)16)29-30-52-57(17,18)43(4,5)6)33-41-46-37(34-51-41)38(50-13)28-26-24-25-27-35(49-12)31-36(32-42(47)48)53-58(19,20)44(7,8)9/h24-27,34-36,38-40H,21-23,28-33H2,1-20H3,(H,47,48)/b26-24+,27-25+/t35-,36-,38-,39-,40-/m0/s1. The Labute approximate surface area is 365 Å². The summed E-state index contributed by atoms with van der Waals surface area (Å²) in [6.45, 7) is 41.1. The van der Waals surface area contributed by atoms with Crippen molar-refractivity contribution in [1.29, 1.82) is 0 Å². The zero-order valence-corrected chi connectivity index (χ0v) is 45.3. The highest BCUT2D eigenvalue weighted by Gasteiger charge is 2.46. The Bertz CT molecular complexity index is 1430. The summed E-state index contributed by atoms with van der Waals surface area (Å²) in [6.07, 6.45) is 10.6. The van der Waals surface area contributed by atoms with Crippen LogP contribution in [0.2, 0.25) is 74.0 Å². The summed E-state index contributed by atoms with van der Waals surface area (Å²) < 4.78 is 45.5. The van der Waals surface area contributed by atoms with Crippen molar-refractivity contribution < 1.29 is 41.5 Å². The molecule has 344 valence electrons. The third-order valence-corrected chi connectivity index (χ3v) is 27.8. The van der Waals surface area contributed by atoms with Crippen molar-refractivity contribution in [3.63, 3.8) is 0 Å². The van der Waals surface area contributed by atoms with Gasteiger partial charge in [0.2, 0.25) is 0 Å². The first-order valence-corrected chi connectivity index (χ1v) is 33.9. The highest BCUT2D eigenvalue weighted by atomic mass is 28.4. The summed E-state index contributed by atoms with van der Waals surface area (Å²) in [4.78, 5) is 16.7. The van der Waals surface area contributed by atoms with Crippen LogP contribution in [0.25, 0.3) is 0 Å². The predicted molar refractivity (Wildman–Crippen MR) is 254 cm³/mol. The maximum Gasteiger partial charge on any atom is 0.305 e. The molecule has 0 unspecified atom stereocenters. The predicted octanol–water partition coefficient (Wildman–Crippen LogP) is 12.7. The van der Waals surface area contributed by atoms with E-state index >= 15 is 0 Å². The molecule has 0 aromatic carbocycles. The minimum Gasteiger partial charge on any atom is -0.481 e. The summed E-state index contributed by atoms with van der Waals surface area (Å²) in [7, 11) is -4.76. The molecule has 0 fully saturated rings. The van der Waals surface area contributed by atoms with Crippen LogP contribution in [0.4, 0.5) is 0 Å². The van der Waals surface area contributed by atoms with Gasteiger partial charge in [-0.15, -0.1) is 0 Å². The maximum atomic E-state index is 11.7. The summed E-state index contributed by atoms with van der Waals surface area (Å²) in [6, 6.07) is 3.13. The van der Waals surface area contributed by atoms with Gasteiger partial charge < -0.3 is 36.7 Å².